The number of hydrogen-bond donors (Lipinski definition) is 2. The highest BCUT2D eigenvalue weighted by Crippen LogP contribution is 2.15. The van der Waals surface area contributed by atoms with Crippen LogP contribution in [0.25, 0.3) is 10.8 Å². The average molecular weight is 322 g/mol. The third-order valence-corrected chi connectivity index (χ3v) is 3.98. The third kappa shape index (κ3) is 3.74. The minimum Gasteiger partial charge on any atom is -0.444 e. The predicted octanol–water partition coefficient (Wildman–Crippen LogP) is 3.31. The standard InChI is InChI=1S/C19H22N4O/c1-13-14(2)24-18(23-13)12-22-19(20-3)21-11-15-8-9-16-6-4-5-7-17(16)10-15/h4-10H,11-12H2,1-3H3,(H2,20,21,22). The van der Waals surface area contributed by atoms with Gasteiger partial charge >= 0.3 is 0 Å². The van der Waals surface area contributed by atoms with Crippen LogP contribution in [0.4, 0.5) is 0 Å². The average Bonchev–Trinajstić information content (AvgIpc) is 2.93. The van der Waals surface area contributed by atoms with E-state index in [4.69, 9.17) is 4.42 Å². The Morgan fingerprint density at radius 3 is 2.50 bits per heavy atom. The molecule has 2 N–H and O–H groups in total. The molecule has 0 atom stereocenters. The second-order valence-electron chi connectivity index (χ2n) is 5.71. The Kier molecular flexibility index (Phi) is 4.79. The molecule has 5 heteroatoms. The topological polar surface area (TPSA) is 62.5 Å². The van der Waals surface area contributed by atoms with Gasteiger partial charge in [-0.05, 0) is 36.2 Å². The van der Waals surface area contributed by atoms with Gasteiger partial charge in [0.05, 0.1) is 12.2 Å². The van der Waals surface area contributed by atoms with Crippen molar-refractivity contribution in [2.24, 2.45) is 4.99 Å². The summed E-state index contributed by atoms with van der Waals surface area (Å²) in [4.78, 5) is 8.59. The molecule has 0 fully saturated rings. The highest BCUT2D eigenvalue weighted by molar-refractivity contribution is 5.83. The van der Waals surface area contributed by atoms with Crippen LogP contribution in [-0.4, -0.2) is 18.0 Å². The number of nitrogens with zero attached hydrogens (tertiary/aromatic N) is 2. The van der Waals surface area contributed by atoms with Gasteiger partial charge in [-0.1, -0.05) is 36.4 Å². The summed E-state index contributed by atoms with van der Waals surface area (Å²) in [6, 6.07) is 14.8. The SMILES string of the molecule is CN=C(NCc1ccc2ccccc2c1)NCc1nc(C)c(C)o1. The first-order valence-electron chi connectivity index (χ1n) is 8.01. The van der Waals surface area contributed by atoms with E-state index in [1.807, 2.05) is 13.8 Å². The number of rotatable bonds is 4. The fourth-order valence-electron chi connectivity index (χ4n) is 2.53. The Labute approximate surface area is 141 Å². The molecule has 0 bridgehead atoms. The van der Waals surface area contributed by atoms with Gasteiger partial charge in [-0.25, -0.2) is 4.98 Å². The Hall–Kier alpha value is -2.82. The van der Waals surface area contributed by atoms with Crippen LogP contribution in [0.3, 0.4) is 0 Å². The first-order chi connectivity index (χ1) is 11.7. The monoisotopic (exact) mass is 322 g/mol. The van der Waals surface area contributed by atoms with Gasteiger partial charge in [-0.3, -0.25) is 4.99 Å². The molecule has 1 aromatic heterocycles. The molecule has 124 valence electrons. The molecule has 0 spiro atoms. The number of aliphatic imine (C=N–C) groups is 1. The fraction of sp³-hybridized carbons (Fsp3) is 0.263. The van der Waals surface area contributed by atoms with E-state index in [1.54, 1.807) is 7.05 Å². The van der Waals surface area contributed by atoms with Crippen molar-refractivity contribution in [1.29, 1.82) is 0 Å². The van der Waals surface area contributed by atoms with Crippen LogP contribution in [0.1, 0.15) is 22.9 Å². The number of nitrogens with one attached hydrogen (secondary N) is 2. The Balaban J connectivity index is 1.58. The van der Waals surface area contributed by atoms with Gasteiger partial charge in [-0.2, -0.15) is 0 Å². The van der Waals surface area contributed by atoms with Gasteiger partial charge in [0.25, 0.3) is 0 Å². The zero-order valence-corrected chi connectivity index (χ0v) is 14.3. The summed E-state index contributed by atoms with van der Waals surface area (Å²) in [5.74, 6) is 2.24. The molecular weight excluding hydrogens is 300 g/mol. The van der Waals surface area contributed by atoms with E-state index < -0.39 is 0 Å². The smallest absolute Gasteiger partial charge is 0.214 e. The molecule has 5 nitrogen and oxygen atoms in total. The number of aromatic nitrogens is 1. The van der Waals surface area contributed by atoms with Crippen molar-refractivity contribution < 1.29 is 4.42 Å². The molecular formula is C19H22N4O. The second kappa shape index (κ2) is 7.17. The van der Waals surface area contributed by atoms with Crippen molar-refractivity contribution in [3.8, 4) is 0 Å². The van der Waals surface area contributed by atoms with Crippen LogP contribution in [0.15, 0.2) is 51.9 Å². The highest BCUT2D eigenvalue weighted by Gasteiger charge is 2.06. The zero-order valence-electron chi connectivity index (χ0n) is 14.3. The molecule has 0 saturated heterocycles. The van der Waals surface area contributed by atoms with Crippen LogP contribution in [0.5, 0.6) is 0 Å². The lowest BCUT2D eigenvalue weighted by Gasteiger charge is -2.11. The number of hydrogen-bond acceptors (Lipinski definition) is 3. The maximum absolute atomic E-state index is 5.56. The summed E-state index contributed by atoms with van der Waals surface area (Å²) >= 11 is 0. The second-order valence-corrected chi connectivity index (χ2v) is 5.71. The van der Waals surface area contributed by atoms with E-state index in [-0.39, 0.29) is 0 Å². The van der Waals surface area contributed by atoms with Crippen molar-refractivity contribution in [2.75, 3.05) is 7.05 Å². The Morgan fingerprint density at radius 2 is 1.79 bits per heavy atom. The van der Waals surface area contributed by atoms with Crippen LogP contribution in [0, 0.1) is 13.8 Å². The summed E-state index contributed by atoms with van der Waals surface area (Å²) in [6.45, 7) is 5.06. The fourth-order valence-corrected chi connectivity index (χ4v) is 2.53. The van der Waals surface area contributed by atoms with E-state index in [9.17, 15) is 0 Å². The maximum atomic E-state index is 5.56. The summed E-state index contributed by atoms with van der Waals surface area (Å²) < 4.78 is 5.56. The summed E-state index contributed by atoms with van der Waals surface area (Å²) in [6.07, 6.45) is 0. The highest BCUT2D eigenvalue weighted by atomic mass is 16.4. The lowest BCUT2D eigenvalue weighted by atomic mass is 10.1. The molecule has 0 aliphatic rings. The number of fused-ring (bicyclic) bond motifs is 1. The quantitative estimate of drug-likeness (QED) is 0.571. The molecule has 0 aliphatic carbocycles. The van der Waals surface area contributed by atoms with Crippen molar-refractivity contribution in [3.63, 3.8) is 0 Å². The van der Waals surface area contributed by atoms with Gasteiger partial charge in [0.1, 0.15) is 5.76 Å². The molecule has 3 rings (SSSR count). The number of aryl methyl sites for hydroxylation is 2. The largest absolute Gasteiger partial charge is 0.444 e. The van der Waals surface area contributed by atoms with Crippen LogP contribution in [0.2, 0.25) is 0 Å². The molecule has 0 aliphatic heterocycles. The summed E-state index contributed by atoms with van der Waals surface area (Å²) in [7, 11) is 1.75. The Morgan fingerprint density at radius 1 is 1.04 bits per heavy atom. The molecule has 1 heterocycles. The van der Waals surface area contributed by atoms with Crippen molar-refractivity contribution >= 4 is 16.7 Å². The summed E-state index contributed by atoms with van der Waals surface area (Å²) in [5.41, 5.74) is 2.13. The van der Waals surface area contributed by atoms with Gasteiger partial charge in [0.15, 0.2) is 5.96 Å². The molecule has 0 saturated carbocycles. The molecule has 0 unspecified atom stereocenters. The van der Waals surface area contributed by atoms with E-state index in [0.29, 0.717) is 19.0 Å². The molecule has 24 heavy (non-hydrogen) atoms. The van der Waals surface area contributed by atoms with E-state index in [2.05, 4.69) is 63.1 Å². The normalized spacial score (nSPS) is 11.7. The van der Waals surface area contributed by atoms with Gasteiger partial charge < -0.3 is 15.1 Å². The van der Waals surface area contributed by atoms with Gasteiger partial charge in [-0.15, -0.1) is 0 Å². The molecule has 3 aromatic rings. The molecule has 0 radical (unpaired) electrons. The van der Waals surface area contributed by atoms with Gasteiger partial charge in [0.2, 0.25) is 5.89 Å². The van der Waals surface area contributed by atoms with Crippen LogP contribution in [-0.2, 0) is 13.1 Å². The first kappa shape index (κ1) is 16.1. The number of benzene rings is 2. The lowest BCUT2D eigenvalue weighted by molar-refractivity contribution is 0.463. The van der Waals surface area contributed by atoms with Crippen LogP contribution >= 0.6 is 0 Å². The minimum absolute atomic E-state index is 0.506. The lowest BCUT2D eigenvalue weighted by Crippen LogP contribution is -2.36. The summed E-state index contributed by atoms with van der Waals surface area (Å²) in [5, 5.41) is 9.02. The predicted molar refractivity (Wildman–Crippen MR) is 97.0 cm³/mol. The minimum atomic E-state index is 0.506. The van der Waals surface area contributed by atoms with Gasteiger partial charge in [0, 0.05) is 13.6 Å². The van der Waals surface area contributed by atoms with E-state index in [0.717, 1.165) is 17.4 Å². The Bertz CT molecular complexity index is 847. The van der Waals surface area contributed by atoms with Crippen LogP contribution < -0.4 is 10.6 Å². The van der Waals surface area contributed by atoms with Crippen molar-refractivity contribution in [3.05, 3.63) is 65.4 Å². The molecule has 0 amide bonds. The molecule has 2 aromatic carbocycles. The zero-order chi connectivity index (χ0) is 16.9. The van der Waals surface area contributed by atoms with Crippen molar-refractivity contribution in [1.82, 2.24) is 15.6 Å². The van der Waals surface area contributed by atoms with E-state index >= 15 is 0 Å². The number of guanidine groups is 1. The maximum Gasteiger partial charge on any atom is 0.214 e. The van der Waals surface area contributed by atoms with E-state index in [1.165, 1.54) is 16.3 Å². The van der Waals surface area contributed by atoms with Crippen molar-refractivity contribution in [2.45, 2.75) is 26.9 Å². The number of oxazole rings is 1. The third-order valence-electron chi connectivity index (χ3n) is 3.98. The first-order valence-corrected chi connectivity index (χ1v) is 8.01.